The minimum atomic E-state index is -1.36. The van der Waals surface area contributed by atoms with Crippen LogP contribution in [-0.2, 0) is 9.53 Å². The molecule has 1 aromatic carbocycles. The van der Waals surface area contributed by atoms with Crippen molar-refractivity contribution < 1.29 is 19.1 Å². The molecule has 1 unspecified atom stereocenters. The topological polar surface area (TPSA) is 76.7 Å². The van der Waals surface area contributed by atoms with E-state index in [-0.39, 0.29) is 6.61 Å². The van der Waals surface area contributed by atoms with Crippen LogP contribution in [0.25, 0.3) is 21.4 Å². The fourth-order valence-corrected chi connectivity index (χ4v) is 3.54. The van der Waals surface area contributed by atoms with E-state index >= 15 is 0 Å². The molecule has 3 rings (SSSR count). The third-order valence-electron chi connectivity index (χ3n) is 3.67. The highest BCUT2D eigenvalue weighted by molar-refractivity contribution is 7.15. The Kier molecular flexibility index (Phi) is 4.51. The van der Waals surface area contributed by atoms with Crippen LogP contribution < -0.4 is 5.63 Å². The average Bonchev–Trinajstić information content (AvgIpc) is 2.95. The molecular formula is C18H16O5S. The molecule has 2 heterocycles. The Morgan fingerprint density at radius 3 is 2.83 bits per heavy atom. The van der Waals surface area contributed by atoms with Crippen molar-refractivity contribution in [2.75, 3.05) is 6.61 Å². The zero-order valence-electron chi connectivity index (χ0n) is 13.2. The van der Waals surface area contributed by atoms with Crippen LogP contribution >= 0.6 is 11.3 Å². The molecule has 1 N–H and O–H groups in total. The van der Waals surface area contributed by atoms with Crippen LogP contribution in [0.1, 0.15) is 23.5 Å². The van der Waals surface area contributed by atoms with Crippen molar-refractivity contribution in [3.05, 3.63) is 57.3 Å². The Balaban J connectivity index is 2.05. The summed E-state index contributed by atoms with van der Waals surface area (Å²) in [4.78, 5) is 25.4. The number of fused-ring (bicyclic) bond motifs is 1. The summed E-state index contributed by atoms with van der Waals surface area (Å²) in [6, 6.07) is 10.7. The molecule has 1 atom stereocenters. The maximum atomic E-state index is 12.2. The van der Waals surface area contributed by atoms with E-state index in [9.17, 15) is 14.7 Å². The molecule has 0 saturated carbocycles. The Morgan fingerprint density at radius 1 is 1.33 bits per heavy atom. The van der Waals surface area contributed by atoms with Gasteiger partial charge in [0.05, 0.1) is 12.2 Å². The summed E-state index contributed by atoms with van der Waals surface area (Å²) in [7, 11) is 0. The van der Waals surface area contributed by atoms with Crippen LogP contribution in [0.2, 0.25) is 0 Å². The number of hydrogen-bond donors (Lipinski definition) is 1. The lowest BCUT2D eigenvalue weighted by atomic mass is 10.1. The largest absolute Gasteiger partial charge is 0.464 e. The van der Waals surface area contributed by atoms with E-state index in [0.29, 0.717) is 21.6 Å². The number of carbonyl (C=O) groups is 1. The summed E-state index contributed by atoms with van der Waals surface area (Å²) in [5, 5.41) is 10.9. The van der Waals surface area contributed by atoms with Gasteiger partial charge in [0, 0.05) is 20.7 Å². The molecule has 6 heteroatoms. The first-order valence-electron chi connectivity index (χ1n) is 7.49. The van der Waals surface area contributed by atoms with Crippen molar-refractivity contribution >= 4 is 28.3 Å². The number of hydrogen-bond acceptors (Lipinski definition) is 6. The summed E-state index contributed by atoms with van der Waals surface area (Å²) in [6.45, 7) is 3.66. The molecule has 5 nitrogen and oxygen atoms in total. The molecular weight excluding hydrogens is 328 g/mol. The van der Waals surface area contributed by atoms with Crippen LogP contribution in [0.3, 0.4) is 0 Å². The molecule has 0 aliphatic carbocycles. The second kappa shape index (κ2) is 6.59. The first kappa shape index (κ1) is 16.4. The van der Waals surface area contributed by atoms with E-state index in [1.54, 1.807) is 38.1 Å². The van der Waals surface area contributed by atoms with Gasteiger partial charge in [-0.25, -0.2) is 9.59 Å². The summed E-state index contributed by atoms with van der Waals surface area (Å²) in [5.74, 6) is -0.699. The number of para-hydroxylation sites is 1. The predicted molar refractivity (Wildman–Crippen MR) is 92.1 cm³/mol. The van der Waals surface area contributed by atoms with Crippen LogP contribution in [0.5, 0.6) is 0 Å². The van der Waals surface area contributed by atoms with Crippen LogP contribution in [0.4, 0.5) is 0 Å². The fourth-order valence-electron chi connectivity index (χ4n) is 2.48. The highest BCUT2D eigenvalue weighted by Gasteiger charge is 2.23. The average molecular weight is 344 g/mol. The Bertz CT molecular complexity index is 953. The number of aliphatic hydroxyl groups excluding tert-OH is 1. The van der Waals surface area contributed by atoms with Gasteiger partial charge < -0.3 is 14.3 Å². The molecule has 0 spiro atoms. The number of benzene rings is 1. The fraction of sp³-hybridized carbons (Fsp3) is 0.222. The molecule has 0 amide bonds. The number of aryl methyl sites for hydroxylation is 1. The smallest absolute Gasteiger partial charge is 0.345 e. The van der Waals surface area contributed by atoms with Gasteiger partial charge in [-0.3, -0.25) is 0 Å². The SMILES string of the molecule is CCOC(=O)C(O)c1cc(-c2cc3ccccc3oc2=O)sc1C. The maximum absolute atomic E-state index is 12.2. The standard InChI is InChI=1S/C18H16O5S/c1-3-22-18(21)16(19)12-9-15(24-10(12)2)13-8-11-6-4-5-7-14(11)23-17(13)20/h4-9,16,19H,3H2,1-2H3. The molecule has 2 aromatic heterocycles. The highest BCUT2D eigenvalue weighted by atomic mass is 32.1. The predicted octanol–water partition coefficient (Wildman–Crippen LogP) is 3.43. The van der Waals surface area contributed by atoms with Crippen LogP contribution in [0, 0.1) is 6.92 Å². The van der Waals surface area contributed by atoms with E-state index < -0.39 is 17.7 Å². The lowest BCUT2D eigenvalue weighted by molar-refractivity contribution is -0.153. The number of aliphatic hydroxyl groups is 1. The first-order valence-corrected chi connectivity index (χ1v) is 8.31. The van der Waals surface area contributed by atoms with Crippen molar-refractivity contribution in [1.29, 1.82) is 0 Å². The van der Waals surface area contributed by atoms with Crippen molar-refractivity contribution in [3.8, 4) is 10.4 Å². The van der Waals surface area contributed by atoms with Gasteiger partial charge in [-0.2, -0.15) is 0 Å². The normalized spacial score (nSPS) is 12.3. The van der Waals surface area contributed by atoms with Crippen molar-refractivity contribution in [2.24, 2.45) is 0 Å². The molecule has 0 bridgehead atoms. The lowest BCUT2D eigenvalue weighted by Gasteiger charge is -2.08. The summed E-state index contributed by atoms with van der Waals surface area (Å²) in [6.07, 6.45) is -1.36. The Labute approximate surface area is 142 Å². The molecule has 24 heavy (non-hydrogen) atoms. The van der Waals surface area contributed by atoms with Gasteiger partial charge in [-0.15, -0.1) is 11.3 Å². The zero-order chi connectivity index (χ0) is 17.3. The number of thiophene rings is 1. The van der Waals surface area contributed by atoms with Gasteiger partial charge in [0.2, 0.25) is 0 Å². The van der Waals surface area contributed by atoms with E-state index in [0.717, 1.165) is 10.3 Å². The Morgan fingerprint density at radius 2 is 2.08 bits per heavy atom. The maximum Gasteiger partial charge on any atom is 0.345 e. The number of ether oxygens (including phenoxy) is 1. The minimum absolute atomic E-state index is 0.195. The zero-order valence-corrected chi connectivity index (χ0v) is 14.1. The second-order valence-corrected chi connectivity index (χ2v) is 6.52. The Hall–Kier alpha value is -2.44. The highest BCUT2D eigenvalue weighted by Crippen LogP contribution is 2.34. The second-order valence-electron chi connectivity index (χ2n) is 5.26. The van der Waals surface area contributed by atoms with Crippen LogP contribution in [-0.4, -0.2) is 17.7 Å². The molecule has 0 aliphatic rings. The monoisotopic (exact) mass is 344 g/mol. The van der Waals surface area contributed by atoms with Crippen molar-refractivity contribution in [3.63, 3.8) is 0 Å². The van der Waals surface area contributed by atoms with Gasteiger partial charge in [0.15, 0.2) is 6.10 Å². The summed E-state index contributed by atoms with van der Waals surface area (Å²) >= 11 is 1.33. The van der Waals surface area contributed by atoms with E-state index in [2.05, 4.69) is 0 Å². The number of carbonyl (C=O) groups excluding carboxylic acids is 1. The van der Waals surface area contributed by atoms with E-state index in [4.69, 9.17) is 9.15 Å². The van der Waals surface area contributed by atoms with Gasteiger partial charge in [-0.1, -0.05) is 18.2 Å². The minimum Gasteiger partial charge on any atom is -0.464 e. The van der Waals surface area contributed by atoms with Crippen molar-refractivity contribution in [2.45, 2.75) is 20.0 Å². The molecule has 3 aromatic rings. The molecule has 124 valence electrons. The van der Waals surface area contributed by atoms with Crippen molar-refractivity contribution in [1.82, 2.24) is 0 Å². The van der Waals surface area contributed by atoms with Crippen LogP contribution in [0.15, 0.2) is 45.6 Å². The molecule has 0 fully saturated rings. The molecule has 0 saturated heterocycles. The number of rotatable bonds is 4. The van der Waals surface area contributed by atoms with Gasteiger partial charge in [-0.05, 0) is 32.0 Å². The quantitative estimate of drug-likeness (QED) is 0.580. The van der Waals surface area contributed by atoms with Gasteiger partial charge in [0.25, 0.3) is 0 Å². The number of esters is 1. The summed E-state index contributed by atoms with van der Waals surface area (Å²) in [5.41, 5.74) is 0.920. The van der Waals surface area contributed by atoms with E-state index in [1.165, 1.54) is 11.3 Å². The summed E-state index contributed by atoms with van der Waals surface area (Å²) < 4.78 is 10.2. The van der Waals surface area contributed by atoms with Gasteiger partial charge >= 0.3 is 11.6 Å². The van der Waals surface area contributed by atoms with Gasteiger partial charge in [0.1, 0.15) is 5.58 Å². The first-order chi connectivity index (χ1) is 11.5. The molecule has 0 aliphatic heterocycles. The third-order valence-corrected chi connectivity index (χ3v) is 4.77. The lowest BCUT2D eigenvalue weighted by Crippen LogP contribution is -2.15. The van der Waals surface area contributed by atoms with E-state index in [1.807, 2.05) is 12.1 Å². The third kappa shape index (κ3) is 2.98. The molecule has 0 radical (unpaired) electrons.